The van der Waals surface area contributed by atoms with E-state index in [0.717, 1.165) is 41.9 Å². The molecular weight excluding hydrogens is 514 g/mol. The molecule has 1 N–H and O–H groups in total. The number of para-hydroxylation sites is 2. The molecule has 1 aliphatic carbocycles. The van der Waals surface area contributed by atoms with Gasteiger partial charge < -0.3 is 9.88 Å². The molecule has 6 heteroatoms. The van der Waals surface area contributed by atoms with Crippen molar-refractivity contribution < 1.29 is 8.42 Å². The highest BCUT2D eigenvalue weighted by Gasteiger charge is 2.39. The summed E-state index contributed by atoms with van der Waals surface area (Å²) in [5.74, 6) is 0.505. The van der Waals surface area contributed by atoms with Crippen molar-refractivity contribution in [3.8, 4) is 0 Å². The quantitative estimate of drug-likeness (QED) is 0.240. The van der Waals surface area contributed by atoms with Gasteiger partial charge in [0.1, 0.15) is 0 Å². The molecule has 5 aromatic rings. The number of aromatic nitrogens is 1. The van der Waals surface area contributed by atoms with Crippen LogP contribution in [0.5, 0.6) is 0 Å². The number of allylic oxidation sites excluding steroid dienone is 2. The zero-order valence-electron chi connectivity index (χ0n) is 22.4. The van der Waals surface area contributed by atoms with Crippen LogP contribution in [0.2, 0.25) is 0 Å². The van der Waals surface area contributed by atoms with Crippen LogP contribution in [-0.2, 0) is 23.0 Å². The van der Waals surface area contributed by atoms with Gasteiger partial charge in [-0.15, -0.1) is 0 Å². The lowest BCUT2D eigenvalue weighted by molar-refractivity contribution is 0.425. The Bertz CT molecular complexity index is 1960. The van der Waals surface area contributed by atoms with Gasteiger partial charge in [0, 0.05) is 46.5 Å². The number of nitrogens with one attached hydrogen (secondary N) is 1. The number of hydrogen-bond donors (Lipinski definition) is 1. The third-order valence-electron chi connectivity index (χ3n) is 9.24. The Balaban J connectivity index is 1.19. The van der Waals surface area contributed by atoms with Gasteiger partial charge in [-0.2, -0.15) is 0 Å². The van der Waals surface area contributed by atoms with E-state index < -0.39 is 10.0 Å². The smallest absolute Gasteiger partial charge is 0.264 e. The predicted molar refractivity (Wildman–Crippen MR) is 163 cm³/mol. The van der Waals surface area contributed by atoms with Gasteiger partial charge in [0.25, 0.3) is 10.0 Å². The molecule has 200 valence electrons. The highest BCUT2D eigenvalue weighted by atomic mass is 32.2. The number of nitrogens with zero attached hydrogens (tertiary/aromatic N) is 2. The maximum Gasteiger partial charge on any atom is 0.264 e. The van der Waals surface area contributed by atoms with Gasteiger partial charge in [-0.05, 0) is 84.8 Å². The van der Waals surface area contributed by atoms with Crippen molar-refractivity contribution in [1.82, 2.24) is 4.57 Å². The Hall–Kier alpha value is -4.03. The number of aryl methyl sites for hydroxylation is 1. The average Bonchev–Trinajstić information content (AvgIpc) is 3.72. The summed E-state index contributed by atoms with van der Waals surface area (Å²) in [6, 6.07) is 29.2. The fourth-order valence-corrected chi connectivity index (χ4v) is 8.89. The minimum Gasteiger partial charge on any atom is -0.378 e. The van der Waals surface area contributed by atoms with Gasteiger partial charge in [-0.1, -0.05) is 54.6 Å². The number of rotatable bonds is 4. The van der Waals surface area contributed by atoms with Crippen LogP contribution in [0.1, 0.15) is 42.0 Å². The summed E-state index contributed by atoms with van der Waals surface area (Å²) >= 11 is 0. The highest BCUT2D eigenvalue weighted by molar-refractivity contribution is 7.92. The molecule has 0 spiro atoms. The Kier molecular flexibility index (Phi) is 5.20. The van der Waals surface area contributed by atoms with Gasteiger partial charge >= 0.3 is 0 Å². The zero-order valence-corrected chi connectivity index (χ0v) is 23.2. The summed E-state index contributed by atoms with van der Waals surface area (Å²) in [6.45, 7) is 3.62. The van der Waals surface area contributed by atoms with Crippen molar-refractivity contribution in [2.24, 2.45) is 5.92 Å². The van der Waals surface area contributed by atoms with Crippen molar-refractivity contribution >= 4 is 43.2 Å². The van der Waals surface area contributed by atoms with E-state index >= 15 is 0 Å². The molecular formula is C34H31N3O2S. The molecule has 3 atom stereocenters. The molecule has 0 saturated carbocycles. The van der Waals surface area contributed by atoms with Crippen LogP contribution in [0, 0.1) is 5.92 Å². The summed E-state index contributed by atoms with van der Waals surface area (Å²) in [5, 5.41) is 6.40. The van der Waals surface area contributed by atoms with E-state index in [0.29, 0.717) is 17.4 Å². The Morgan fingerprint density at radius 2 is 1.73 bits per heavy atom. The number of sulfonamides is 1. The van der Waals surface area contributed by atoms with Gasteiger partial charge in [-0.3, -0.25) is 4.31 Å². The number of anilines is 2. The van der Waals surface area contributed by atoms with Crippen molar-refractivity contribution in [2.75, 3.05) is 16.2 Å². The third-order valence-corrected chi connectivity index (χ3v) is 11.0. The fraction of sp³-hybridized carbons (Fsp3) is 0.235. The number of benzene rings is 4. The Morgan fingerprint density at radius 3 is 2.62 bits per heavy atom. The van der Waals surface area contributed by atoms with Crippen LogP contribution >= 0.6 is 0 Å². The lowest BCUT2D eigenvalue weighted by Gasteiger charge is -2.38. The van der Waals surface area contributed by atoms with Gasteiger partial charge in [0.2, 0.25) is 0 Å². The predicted octanol–water partition coefficient (Wildman–Crippen LogP) is 7.39. The third kappa shape index (κ3) is 3.35. The van der Waals surface area contributed by atoms with Gasteiger partial charge in [0.15, 0.2) is 0 Å². The molecule has 1 aromatic heterocycles. The zero-order chi connectivity index (χ0) is 27.0. The van der Waals surface area contributed by atoms with E-state index in [1.165, 1.54) is 27.4 Å². The average molecular weight is 546 g/mol. The van der Waals surface area contributed by atoms with E-state index in [1.54, 1.807) is 10.4 Å². The monoisotopic (exact) mass is 545 g/mol. The Morgan fingerprint density at radius 1 is 0.900 bits per heavy atom. The molecule has 5 nitrogen and oxygen atoms in total. The lowest BCUT2D eigenvalue weighted by atomic mass is 9.77. The first-order chi connectivity index (χ1) is 19.5. The van der Waals surface area contributed by atoms with E-state index in [1.807, 2.05) is 36.4 Å². The molecule has 3 unspecified atom stereocenters. The standard InChI is InChI=1S/C34H31N3O2S/c1-2-36-32-13-6-4-9-26(32)29-20-23(14-17-33(29)36)34-27-11-7-10-25(27)28-21-24(15-16-30(28)35-34)40(38,39)37-19-18-22-8-3-5-12-31(22)37/h3-10,12-17,20-21,25,27,34-35H,2,11,18-19H2,1H3. The SMILES string of the molecule is CCn1c2ccccc2c2cc(C3Nc4ccc(S(=O)(=O)N5CCc6ccccc65)cc4C4C=CCC43)ccc21. The summed E-state index contributed by atoms with van der Waals surface area (Å²) in [6.07, 6.45) is 6.25. The molecule has 4 aromatic carbocycles. The summed E-state index contributed by atoms with van der Waals surface area (Å²) in [4.78, 5) is 0.371. The van der Waals surface area contributed by atoms with Crippen LogP contribution in [0.15, 0.2) is 102 Å². The lowest BCUT2D eigenvalue weighted by Crippen LogP contribution is -2.31. The molecule has 3 aliphatic rings. The second-order valence-electron chi connectivity index (χ2n) is 11.2. The normalized spacial score (nSPS) is 21.4. The molecule has 0 radical (unpaired) electrons. The minimum atomic E-state index is -3.65. The van der Waals surface area contributed by atoms with E-state index in [2.05, 4.69) is 71.4 Å². The van der Waals surface area contributed by atoms with Crippen LogP contribution in [-0.4, -0.2) is 19.5 Å². The number of fused-ring (bicyclic) bond motifs is 7. The summed E-state index contributed by atoms with van der Waals surface area (Å²) in [5.41, 5.74) is 7.81. The van der Waals surface area contributed by atoms with Crippen LogP contribution in [0.3, 0.4) is 0 Å². The van der Waals surface area contributed by atoms with Crippen LogP contribution in [0.25, 0.3) is 21.8 Å². The minimum absolute atomic E-state index is 0.147. The maximum absolute atomic E-state index is 13.8. The topological polar surface area (TPSA) is 54.3 Å². The van der Waals surface area contributed by atoms with E-state index in [9.17, 15) is 8.42 Å². The molecule has 0 saturated heterocycles. The molecule has 0 fully saturated rings. The highest BCUT2D eigenvalue weighted by Crippen LogP contribution is 2.51. The maximum atomic E-state index is 13.8. The first-order valence-corrected chi connectivity index (χ1v) is 15.7. The molecule has 0 amide bonds. The van der Waals surface area contributed by atoms with Gasteiger partial charge in [-0.25, -0.2) is 8.42 Å². The van der Waals surface area contributed by atoms with Gasteiger partial charge in [0.05, 0.1) is 16.6 Å². The van der Waals surface area contributed by atoms with Crippen molar-refractivity contribution in [3.63, 3.8) is 0 Å². The van der Waals surface area contributed by atoms with Crippen molar-refractivity contribution in [2.45, 2.75) is 43.2 Å². The van der Waals surface area contributed by atoms with Crippen LogP contribution in [0.4, 0.5) is 11.4 Å². The molecule has 40 heavy (non-hydrogen) atoms. The summed E-state index contributed by atoms with van der Waals surface area (Å²) < 4.78 is 31.6. The van der Waals surface area contributed by atoms with Crippen LogP contribution < -0.4 is 9.62 Å². The first kappa shape index (κ1) is 23.8. The summed E-state index contributed by atoms with van der Waals surface area (Å²) in [7, 11) is -3.65. The molecule has 8 rings (SSSR count). The molecule has 0 bridgehead atoms. The Labute approximate surface area is 234 Å². The second-order valence-corrected chi connectivity index (χ2v) is 13.1. The van der Waals surface area contributed by atoms with Crippen molar-refractivity contribution in [1.29, 1.82) is 0 Å². The first-order valence-electron chi connectivity index (χ1n) is 14.2. The van der Waals surface area contributed by atoms with E-state index in [4.69, 9.17) is 0 Å². The largest absolute Gasteiger partial charge is 0.378 e. The fourth-order valence-electron chi connectivity index (χ4n) is 7.35. The molecule has 2 aliphatic heterocycles. The number of hydrogen-bond acceptors (Lipinski definition) is 3. The van der Waals surface area contributed by atoms with E-state index in [-0.39, 0.29) is 12.0 Å². The van der Waals surface area contributed by atoms with Crippen molar-refractivity contribution in [3.05, 3.63) is 114 Å². The second kappa shape index (κ2) is 8.73. The molecule has 3 heterocycles.